The number of hydrogen-bond acceptors (Lipinski definition) is 4. The van der Waals surface area contributed by atoms with Crippen molar-refractivity contribution in [1.29, 1.82) is 0 Å². The summed E-state index contributed by atoms with van der Waals surface area (Å²) in [4.78, 5) is 15.5. The highest BCUT2D eigenvalue weighted by molar-refractivity contribution is 5.81. The van der Waals surface area contributed by atoms with Gasteiger partial charge in [-0.2, -0.15) is 13.2 Å². The van der Waals surface area contributed by atoms with E-state index in [9.17, 15) is 18.0 Å². The van der Waals surface area contributed by atoms with E-state index in [2.05, 4.69) is 20.4 Å². The molecule has 1 aromatic rings. The molecule has 0 spiro atoms. The van der Waals surface area contributed by atoms with Gasteiger partial charge in [0.1, 0.15) is 0 Å². The van der Waals surface area contributed by atoms with Crippen LogP contribution in [0.1, 0.15) is 18.4 Å². The van der Waals surface area contributed by atoms with E-state index in [1.165, 1.54) is 12.3 Å². The largest absolute Gasteiger partial charge is 0.468 e. The van der Waals surface area contributed by atoms with Gasteiger partial charge in [-0.3, -0.25) is 4.79 Å². The standard InChI is InChI=1S/C13H16F3N3O2/c14-13(15,16)8-21-11-6-9(3-5-18-11)7-19-12(20)10-2-1-4-17-10/h3,5-6,10,17H,1-2,4,7-8H2,(H,19,20). The van der Waals surface area contributed by atoms with Crippen molar-refractivity contribution in [3.05, 3.63) is 23.9 Å². The Labute approximate surface area is 119 Å². The van der Waals surface area contributed by atoms with Crippen molar-refractivity contribution in [2.75, 3.05) is 13.2 Å². The van der Waals surface area contributed by atoms with Gasteiger partial charge in [0.25, 0.3) is 0 Å². The summed E-state index contributed by atoms with van der Waals surface area (Å²) in [5, 5.41) is 5.80. The summed E-state index contributed by atoms with van der Waals surface area (Å²) in [6, 6.07) is 2.81. The first-order chi connectivity index (χ1) is 9.94. The normalized spacial score (nSPS) is 18.5. The predicted molar refractivity (Wildman–Crippen MR) is 68.7 cm³/mol. The number of nitrogens with one attached hydrogen (secondary N) is 2. The van der Waals surface area contributed by atoms with Gasteiger partial charge in [-0.05, 0) is 31.0 Å². The summed E-state index contributed by atoms with van der Waals surface area (Å²) in [6.07, 6.45) is -1.30. The molecule has 2 N–H and O–H groups in total. The van der Waals surface area contributed by atoms with Gasteiger partial charge in [0, 0.05) is 18.8 Å². The molecule has 1 aliphatic heterocycles. The van der Waals surface area contributed by atoms with Crippen LogP contribution in [-0.4, -0.2) is 36.3 Å². The molecule has 8 heteroatoms. The zero-order chi connectivity index (χ0) is 15.3. The van der Waals surface area contributed by atoms with Crippen LogP contribution in [0.3, 0.4) is 0 Å². The molecule has 1 aliphatic rings. The molecule has 0 bridgehead atoms. The molecule has 116 valence electrons. The molecule has 1 saturated heterocycles. The molecule has 0 radical (unpaired) electrons. The molecule has 1 fully saturated rings. The highest BCUT2D eigenvalue weighted by Gasteiger charge is 2.28. The summed E-state index contributed by atoms with van der Waals surface area (Å²) in [5.41, 5.74) is 0.633. The molecule has 0 aliphatic carbocycles. The number of halogens is 3. The van der Waals surface area contributed by atoms with Crippen LogP contribution in [0.5, 0.6) is 5.88 Å². The van der Waals surface area contributed by atoms with Crippen molar-refractivity contribution < 1.29 is 22.7 Å². The lowest BCUT2D eigenvalue weighted by Gasteiger charge is -2.12. The first-order valence-corrected chi connectivity index (χ1v) is 6.59. The molecular formula is C13H16F3N3O2. The lowest BCUT2D eigenvalue weighted by atomic mass is 10.2. The number of rotatable bonds is 5. The Morgan fingerprint density at radius 1 is 1.52 bits per heavy atom. The van der Waals surface area contributed by atoms with Crippen LogP contribution < -0.4 is 15.4 Å². The predicted octanol–water partition coefficient (Wildman–Crippen LogP) is 1.39. The van der Waals surface area contributed by atoms with E-state index in [1.54, 1.807) is 6.07 Å². The Hall–Kier alpha value is -1.83. The fourth-order valence-electron chi connectivity index (χ4n) is 2.02. The lowest BCUT2D eigenvalue weighted by Crippen LogP contribution is -2.40. The zero-order valence-electron chi connectivity index (χ0n) is 11.2. The molecule has 1 atom stereocenters. The first kappa shape index (κ1) is 15.6. The Morgan fingerprint density at radius 2 is 2.33 bits per heavy atom. The number of aromatic nitrogens is 1. The molecule has 1 amide bonds. The minimum absolute atomic E-state index is 0.109. The maximum absolute atomic E-state index is 12.1. The van der Waals surface area contributed by atoms with Crippen LogP contribution in [0, 0.1) is 0 Å². The van der Waals surface area contributed by atoms with Crippen LogP contribution in [0.15, 0.2) is 18.3 Å². The van der Waals surface area contributed by atoms with Crippen molar-refractivity contribution in [2.24, 2.45) is 0 Å². The first-order valence-electron chi connectivity index (χ1n) is 6.59. The van der Waals surface area contributed by atoms with Gasteiger partial charge in [0.2, 0.25) is 11.8 Å². The Kier molecular flexibility index (Phi) is 5.00. The Morgan fingerprint density at radius 3 is 3.00 bits per heavy atom. The monoisotopic (exact) mass is 303 g/mol. The third-order valence-corrected chi connectivity index (χ3v) is 3.03. The average Bonchev–Trinajstić information content (AvgIpc) is 2.96. The fraction of sp³-hybridized carbons (Fsp3) is 0.538. The van der Waals surface area contributed by atoms with Gasteiger partial charge >= 0.3 is 6.18 Å². The van der Waals surface area contributed by atoms with Gasteiger partial charge in [0.05, 0.1) is 6.04 Å². The summed E-state index contributed by atoms with van der Waals surface area (Å²) < 4.78 is 40.7. The number of carbonyl (C=O) groups is 1. The van der Waals surface area contributed by atoms with Gasteiger partial charge in [-0.15, -0.1) is 0 Å². The molecule has 1 aromatic heterocycles. The van der Waals surface area contributed by atoms with Crippen molar-refractivity contribution in [1.82, 2.24) is 15.6 Å². The maximum Gasteiger partial charge on any atom is 0.422 e. The number of ether oxygens (including phenoxy) is 1. The molecule has 0 saturated carbocycles. The van der Waals surface area contributed by atoms with E-state index in [4.69, 9.17) is 0 Å². The zero-order valence-corrected chi connectivity index (χ0v) is 11.2. The number of hydrogen-bond donors (Lipinski definition) is 2. The minimum Gasteiger partial charge on any atom is -0.468 e. The maximum atomic E-state index is 12.1. The highest BCUT2D eigenvalue weighted by atomic mass is 19.4. The Balaban J connectivity index is 1.84. The second kappa shape index (κ2) is 6.75. The molecule has 0 aromatic carbocycles. The number of nitrogens with zero attached hydrogens (tertiary/aromatic N) is 1. The molecule has 2 rings (SSSR count). The SMILES string of the molecule is O=C(NCc1ccnc(OCC(F)(F)F)c1)C1CCCN1. The van der Waals surface area contributed by atoms with Crippen LogP contribution in [0.25, 0.3) is 0 Å². The number of pyridine rings is 1. The van der Waals surface area contributed by atoms with E-state index in [-0.39, 0.29) is 24.4 Å². The van der Waals surface area contributed by atoms with Crippen molar-refractivity contribution >= 4 is 5.91 Å². The summed E-state index contributed by atoms with van der Waals surface area (Å²) in [5.74, 6) is -0.222. The van der Waals surface area contributed by atoms with Crippen molar-refractivity contribution in [3.63, 3.8) is 0 Å². The smallest absolute Gasteiger partial charge is 0.422 e. The third-order valence-electron chi connectivity index (χ3n) is 3.03. The van der Waals surface area contributed by atoms with Crippen LogP contribution in [0.2, 0.25) is 0 Å². The quantitative estimate of drug-likeness (QED) is 0.863. The van der Waals surface area contributed by atoms with Crippen LogP contribution in [-0.2, 0) is 11.3 Å². The molecular weight excluding hydrogens is 287 g/mol. The molecule has 2 heterocycles. The minimum atomic E-state index is -4.40. The summed E-state index contributed by atoms with van der Waals surface area (Å²) in [7, 11) is 0. The van der Waals surface area contributed by atoms with E-state index in [1.807, 2.05) is 0 Å². The lowest BCUT2D eigenvalue weighted by molar-refractivity contribution is -0.154. The highest BCUT2D eigenvalue weighted by Crippen LogP contribution is 2.17. The van der Waals surface area contributed by atoms with E-state index < -0.39 is 12.8 Å². The third kappa shape index (κ3) is 5.22. The van der Waals surface area contributed by atoms with E-state index in [0.717, 1.165) is 19.4 Å². The second-order valence-electron chi connectivity index (χ2n) is 4.77. The van der Waals surface area contributed by atoms with Crippen molar-refractivity contribution in [2.45, 2.75) is 31.6 Å². The molecule has 21 heavy (non-hydrogen) atoms. The number of carbonyl (C=O) groups excluding carboxylic acids is 1. The van der Waals surface area contributed by atoms with Gasteiger partial charge < -0.3 is 15.4 Å². The number of amides is 1. The van der Waals surface area contributed by atoms with Gasteiger partial charge in [0.15, 0.2) is 6.61 Å². The molecule has 5 nitrogen and oxygen atoms in total. The van der Waals surface area contributed by atoms with Gasteiger partial charge in [-0.1, -0.05) is 0 Å². The fourth-order valence-corrected chi connectivity index (χ4v) is 2.02. The topological polar surface area (TPSA) is 63.2 Å². The summed E-state index contributed by atoms with van der Waals surface area (Å²) in [6.45, 7) is -0.341. The van der Waals surface area contributed by atoms with Crippen molar-refractivity contribution in [3.8, 4) is 5.88 Å². The van der Waals surface area contributed by atoms with Crippen LogP contribution >= 0.6 is 0 Å². The van der Waals surface area contributed by atoms with E-state index >= 15 is 0 Å². The number of alkyl halides is 3. The van der Waals surface area contributed by atoms with E-state index in [0.29, 0.717) is 5.56 Å². The Bertz CT molecular complexity index is 488. The average molecular weight is 303 g/mol. The second-order valence-corrected chi connectivity index (χ2v) is 4.77. The van der Waals surface area contributed by atoms with Gasteiger partial charge in [-0.25, -0.2) is 4.98 Å². The molecule has 1 unspecified atom stereocenters. The van der Waals surface area contributed by atoms with Crippen LogP contribution in [0.4, 0.5) is 13.2 Å². The summed E-state index contributed by atoms with van der Waals surface area (Å²) >= 11 is 0.